The van der Waals surface area contributed by atoms with Crippen LogP contribution in [0.5, 0.6) is 0 Å². The first-order valence-corrected chi connectivity index (χ1v) is 24.3. The minimum Gasteiger partial charge on any atom is -0.382 e. The molecule has 25 nitrogen and oxygen atoms in total. The third kappa shape index (κ3) is 10.5. The molecule has 65 heavy (non-hydrogen) atoms. The highest BCUT2D eigenvalue weighted by Gasteiger charge is 2.54. The molecule has 0 radical (unpaired) electrons. The molecule has 3 fully saturated rings. The quantitative estimate of drug-likeness (QED) is 0.0392. The highest BCUT2D eigenvalue weighted by atomic mass is 32.7. The summed E-state index contributed by atoms with van der Waals surface area (Å²) in [5, 5.41) is 8.69. The maximum Gasteiger partial charge on any atom is 0.389 e. The zero-order chi connectivity index (χ0) is 45.7. The summed E-state index contributed by atoms with van der Waals surface area (Å²) in [6.07, 6.45) is -6.17. The van der Waals surface area contributed by atoms with Crippen LogP contribution in [0.2, 0.25) is 0 Å². The Morgan fingerprint density at radius 2 is 1.52 bits per heavy atom. The zero-order valence-electron chi connectivity index (χ0n) is 33.9. The van der Waals surface area contributed by atoms with Gasteiger partial charge in [-0.05, 0) is 47.5 Å². The Labute approximate surface area is 370 Å². The molecule has 2 unspecified atom stereocenters. The molecule has 346 valence electrons. The fraction of sp³-hybridized carbons (Fsp3) is 0.486. The average molecular weight is 964 g/mol. The first kappa shape index (κ1) is 46.1. The Hall–Kier alpha value is -5.40. The number of carbonyl (C=O) groups is 2. The van der Waals surface area contributed by atoms with E-state index < -0.39 is 83.4 Å². The number of fused-ring (bicyclic) bond motifs is 4. The van der Waals surface area contributed by atoms with Crippen LogP contribution in [0, 0.1) is 0 Å². The van der Waals surface area contributed by atoms with Crippen LogP contribution >= 0.6 is 26.4 Å². The van der Waals surface area contributed by atoms with Gasteiger partial charge in [0.1, 0.15) is 48.1 Å². The van der Waals surface area contributed by atoms with Gasteiger partial charge in [-0.1, -0.05) is 23.7 Å². The molecule has 7 heterocycles. The summed E-state index contributed by atoms with van der Waals surface area (Å²) in [5.74, 6) is -0.758. The fourth-order valence-corrected chi connectivity index (χ4v) is 11.4. The van der Waals surface area contributed by atoms with Gasteiger partial charge < -0.3 is 40.6 Å². The van der Waals surface area contributed by atoms with E-state index in [0.717, 1.165) is 12.7 Å². The summed E-state index contributed by atoms with van der Waals surface area (Å²) in [4.78, 5) is 51.9. The van der Waals surface area contributed by atoms with Crippen LogP contribution in [0.1, 0.15) is 43.7 Å². The van der Waals surface area contributed by atoms with Gasteiger partial charge in [-0.2, -0.15) is 0 Å². The molecule has 0 bridgehead atoms. The van der Waals surface area contributed by atoms with E-state index >= 15 is 8.78 Å². The summed E-state index contributed by atoms with van der Waals surface area (Å²) < 4.78 is 99.1. The van der Waals surface area contributed by atoms with E-state index in [1.165, 1.54) is 21.8 Å². The van der Waals surface area contributed by atoms with Gasteiger partial charge in [0.2, 0.25) is 11.8 Å². The number of unbranched alkanes of at least 4 members (excludes halogenated alkanes) is 2. The number of carbonyl (C=O) groups excluding carboxylic acids is 2. The molecule has 0 spiro atoms. The first-order chi connectivity index (χ1) is 31.4. The molecule has 3 aliphatic heterocycles. The third-order valence-electron chi connectivity index (χ3n) is 10.4. The number of nitrogen functional groups attached to an aromatic ring is 2. The summed E-state index contributed by atoms with van der Waals surface area (Å²) in [5.41, 5.74) is 21.8. The molecule has 5 aromatic rings. The van der Waals surface area contributed by atoms with Gasteiger partial charge in [0, 0.05) is 29.3 Å². The fourth-order valence-electron chi connectivity index (χ4n) is 7.19. The molecule has 2 amide bonds. The van der Waals surface area contributed by atoms with E-state index in [4.69, 9.17) is 44.6 Å². The maximum absolute atomic E-state index is 16.7. The van der Waals surface area contributed by atoms with Crippen molar-refractivity contribution in [2.75, 3.05) is 43.1 Å². The number of anilines is 3. The molecule has 3 aliphatic rings. The highest BCUT2D eigenvalue weighted by molar-refractivity contribution is 8.54. The topological polar surface area (TPSA) is 336 Å². The van der Waals surface area contributed by atoms with Gasteiger partial charge in [0.05, 0.1) is 32.4 Å². The molecule has 4 aromatic heterocycles. The van der Waals surface area contributed by atoms with Crippen molar-refractivity contribution in [3.63, 3.8) is 0 Å². The lowest BCUT2D eigenvalue weighted by atomic mass is 10.1. The largest absolute Gasteiger partial charge is 0.389 e. The number of nitrogens with one attached hydrogen (secondary N) is 2. The summed E-state index contributed by atoms with van der Waals surface area (Å²) in [6, 6.07) is 6.43. The smallest absolute Gasteiger partial charge is 0.382 e. The van der Waals surface area contributed by atoms with E-state index in [1.807, 2.05) is 0 Å². The van der Waals surface area contributed by atoms with Gasteiger partial charge in [-0.25, -0.2) is 43.2 Å². The Bertz CT molecular complexity index is 2650. The molecule has 3 saturated heterocycles. The lowest BCUT2D eigenvalue weighted by Gasteiger charge is -2.28. The second-order valence-electron chi connectivity index (χ2n) is 14.7. The van der Waals surface area contributed by atoms with Crippen molar-refractivity contribution in [2.45, 2.75) is 80.7 Å². The monoisotopic (exact) mass is 963 g/mol. The number of amides is 2. The number of azide groups is 1. The molecule has 8 rings (SSSR count). The summed E-state index contributed by atoms with van der Waals surface area (Å²) in [6.45, 7) is -5.71. The number of hydrogen-bond acceptors (Lipinski definition) is 20. The summed E-state index contributed by atoms with van der Waals surface area (Å²) in [7, 11) is -3.55. The number of nitrogens with two attached hydrogens (primary N) is 2. The highest BCUT2D eigenvalue weighted by Crippen LogP contribution is 2.64. The van der Waals surface area contributed by atoms with Crippen molar-refractivity contribution in [2.24, 2.45) is 5.11 Å². The third-order valence-corrected chi connectivity index (χ3v) is 14.9. The van der Waals surface area contributed by atoms with Gasteiger partial charge in [0.15, 0.2) is 47.7 Å². The number of rotatable bonds is 14. The number of alkyl halides is 2. The SMILES string of the molecule is [N-]=[N+]=NCCCCCC(=O)NCC(=O)Nc1ccc(CS[P@]2(=O)OCC3O[C@@H](n4cnc5c(N)ncnc54)[C@H](F)[C@@H]3O[PH](=O)OC[C@H]3O[C@@H](n4cnc5c(N)ncnc54)[C@H](F)[C@@H]3O2)cc1. The lowest BCUT2D eigenvalue weighted by Crippen LogP contribution is -2.36. The molecule has 10 atom stereocenters. The van der Waals surface area contributed by atoms with E-state index in [1.54, 1.807) is 24.3 Å². The molecule has 6 N–H and O–H groups in total. The van der Waals surface area contributed by atoms with Crippen LogP contribution in [0.25, 0.3) is 32.8 Å². The number of benzene rings is 1. The Balaban J connectivity index is 0.981. The first-order valence-electron chi connectivity index (χ1n) is 19.9. The molecule has 1 aromatic carbocycles. The Morgan fingerprint density at radius 1 is 0.892 bits per heavy atom. The number of imidazole rings is 2. The van der Waals surface area contributed by atoms with Gasteiger partial charge in [-0.15, -0.1) is 0 Å². The molecule has 0 aliphatic carbocycles. The second kappa shape index (κ2) is 20.4. The van der Waals surface area contributed by atoms with Crippen molar-refractivity contribution in [1.29, 1.82) is 0 Å². The van der Waals surface area contributed by atoms with E-state index in [0.29, 0.717) is 48.4 Å². The van der Waals surface area contributed by atoms with Crippen molar-refractivity contribution in [3.05, 3.63) is 65.6 Å². The van der Waals surface area contributed by atoms with Crippen LogP contribution in [0.15, 0.2) is 54.7 Å². The van der Waals surface area contributed by atoms with Crippen LogP contribution < -0.4 is 22.1 Å². The maximum atomic E-state index is 16.7. The number of ether oxygens (including phenoxy) is 2. The minimum absolute atomic E-state index is 0.0287. The minimum atomic E-state index is -4.52. The predicted octanol–water partition coefficient (Wildman–Crippen LogP) is 4.48. The van der Waals surface area contributed by atoms with Gasteiger partial charge in [0.25, 0.3) is 0 Å². The lowest BCUT2D eigenvalue weighted by molar-refractivity contribution is -0.124. The van der Waals surface area contributed by atoms with E-state index in [9.17, 15) is 18.7 Å². The molecular formula is C35H41F2N15O10P2S. The zero-order valence-corrected chi connectivity index (χ0v) is 36.6. The van der Waals surface area contributed by atoms with Crippen LogP contribution in [0.3, 0.4) is 0 Å². The van der Waals surface area contributed by atoms with Crippen LogP contribution in [-0.4, -0.2) is 114 Å². The average Bonchev–Trinajstić information content (AvgIpc) is 4.07. The van der Waals surface area contributed by atoms with Crippen molar-refractivity contribution < 1.29 is 55.1 Å². The van der Waals surface area contributed by atoms with Crippen molar-refractivity contribution in [1.82, 2.24) is 44.4 Å². The summed E-state index contributed by atoms with van der Waals surface area (Å²) >= 11 is 0.682. The number of hydrogen-bond donors (Lipinski definition) is 4. The molecule has 0 saturated carbocycles. The van der Waals surface area contributed by atoms with Crippen molar-refractivity contribution >= 4 is 77.9 Å². The molecule has 30 heteroatoms. The number of halogens is 2. The van der Waals surface area contributed by atoms with Crippen LogP contribution in [0.4, 0.5) is 26.1 Å². The number of nitrogens with zero attached hydrogens (tertiary/aromatic N) is 11. The molecular weight excluding hydrogens is 922 g/mol. The second-order valence-corrected chi connectivity index (χ2v) is 19.8. The number of aromatic nitrogens is 8. The Morgan fingerprint density at radius 3 is 2.17 bits per heavy atom. The normalized spacial score (nSPS) is 28.1. The van der Waals surface area contributed by atoms with Crippen molar-refractivity contribution in [3.8, 4) is 0 Å². The van der Waals surface area contributed by atoms with Gasteiger partial charge in [-0.3, -0.25) is 32.3 Å². The van der Waals surface area contributed by atoms with Crippen LogP contribution in [-0.2, 0) is 52.0 Å². The van der Waals surface area contributed by atoms with Gasteiger partial charge >= 0.3 is 15.1 Å². The van der Waals surface area contributed by atoms with E-state index in [-0.39, 0.29) is 58.6 Å². The van der Waals surface area contributed by atoms with E-state index in [2.05, 4.69) is 50.6 Å². The predicted molar refractivity (Wildman–Crippen MR) is 227 cm³/mol. The Kier molecular flexibility index (Phi) is 14.5. The standard InChI is InChI=1S/C35H41F2N15O10P2S/c36-24-28-21(60-34(24)51-16-46-26-30(38)42-14-44-32(26)51)12-58-64(56,65-13-18-5-7-19(8-6-18)49-23(54)10-41-22(53)4-2-1-3-9-48-50-40)62-29-20(11-57-63(55)61-28)59-35(25(29)37)52-17-47-27-31(39)43-15-45-33(27)52/h5-8,14-17,20-21,24-25,28-29,34-35,63H,1-4,9-13H2,(H,41,53)(H,49,54)(H2,38,42,44)(H2,39,43,45)/t20-,21?,24-,25-,28-,29-,34-,35-,64-/m1/s1.